The normalized spacial score (nSPS) is 15.1. The number of nitrogens with zero attached hydrogens (tertiary/aromatic N) is 3. The molecule has 1 atom stereocenters. The average molecular weight is 607 g/mol. The predicted molar refractivity (Wildman–Crippen MR) is 179 cm³/mol. The Kier molecular flexibility index (Phi) is 10.4. The van der Waals surface area contributed by atoms with Crippen LogP contribution in [0.15, 0.2) is 96.4 Å². The maximum absolute atomic E-state index is 13.6. The van der Waals surface area contributed by atoms with Gasteiger partial charge in [-0.1, -0.05) is 50.3 Å². The van der Waals surface area contributed by atoms with E-state index in [1.165, 1.54) is 0 Å². The number of pyridine rings is 1. The first-order valence-electron chi connectivity index (χ1n) is 15.7. The summed E-state index contributed by atoms with van der Waals surface area (Å²) in [5.74, 6) is 0.759. The Morgan fingerprint density at radius 1 is 0.889 bits per heavy atom. The molecule has 1 aromatic heterocycles. The summed E-state index contributed by atoms with van der Waals surface area (Å²) in [6.45, 7) is 12.7. The van der Waals surface area contributed by atoms with Gasteiger partial charge in [0.05, 0.1) is 18.3 Å². The van der Waals surface area contributed by atoms with E-state index in [-0.39, 0.29) is 18.5 Å². The van der Waals surface area contributed by atoms with Gasteiger partial charge in [0.25, 0.3) is 11.8 Å². The summed E-state index contributed by atoms with van der Waals surface area (Å²) in [5.41, 5.74) is 11.0. The van der Waals surface area contributed by atoms with Gasteiger partial charge in [-0.05, 0) is 68.9 Å². The number of aromatic nitrogens is 1. The number of hydrogen-bond donors (Lipinski definition) is 3. The van der Waals surface area contributed by atoms with E-state index in [0.717, 1.165) is 71.3 Å². The molecule has 2 aliphatic rings. The Balaban J connectivity index is 1.44. The maximum atomic E-state index is 13.6. The second-order valence-corrected chi connectivity index (χ2v) is 10.8. The fourth-order valence-corrected chi connectivity index (χ4v) is 5.83. The molecule has 0 saturated carbocycles. The van der Waals surface area contributed by atoms with E-state index in [1.807, 2.05) is 36.4 Å². The quantitative estimate of drug-likeness (QED) is 0.254. The molecule has 2 amide bonds. The van der Waals surface area contributed by atoms with Crippen molar-refractivity contribution in [2.75, 3.05) is 37.6 Å². The molecule has 0 spiro atoms. The smallest absolute Gasteiger partial charge is 0.270 e. The third-order valence-electron chi connectivity index (χ3n) is 8.21. The predicted octanol–water partition coefficient (Wildman–Crippen LogP) is 4.84. The highest BCUT2D eigenvalue weighted by Gasteiger charge is 2.30. The summed E-state index contributed by atoms with van der Waals surface area (Å²) in [4.78, 5) is 35.0. The number of allylic oxidation sites excluding steroid dienone is 1. The zero-order valence-electron chi connectivity index (χ0n) is 26.5. The molecule has 9 heteroatoms. The molecule has 1 aliphatic carbocycles. The van der Waals surface area contributed by atoms with Crippen molar-refractivity contribution >= 4 is 23.1 Å². The number of nitrogens with one attached hydrogen (secondary N) is 3. The number of benzene rings is 2. The van der Waals surface area contributed by atoms with Gasteiger partial charge in [0.1, 0.15) is 11.5 Å². The number of anilines is 1. The van der Waals surface area contributed by atoms with Gasteiger partial charge in [-0.15, -0.1) is 0 Å². The molecule has 3 N–H and O–H groups in total. The van der Waals surface area contributed by atoms with Crippen LogP contribution in [0.1, 0.15) is 54.9 Å². The van der Waals surface area contributed by atoms with Gasteiger partial charge >= 0.3 is 0 Å². The largest absolute Gasteiger partial charge is 0.456 e. The van der Waals surface area contributed by atoms with Crippen molar-refractivity contribution in [2.45, 2.75) is 40.3 Å². The summed E-state index contributed by atoms with van der Waals surface area (Å²) in [5, 5.41) is 3.04. The topological polar surface area (TPSA) is 98.8 Å². The van der Waals surface area contributed by atoms with Gasteiger partial charge in [0.15, 0.2) is 0 Å². The Morgan fingerprint density at radius 2 is 1.67 bits per heavy atom. The van der Waals surface area contributed by atoms with Crippen LogP contribution in [0.2, 0.25) is 0 Å². The Morgan fingerprint density at radius 3 is 2.40 bits per heavy atom. The van der Waals surface area contributed by atoms with E-state index in [1.54, 1.807) is 12.3 Å². The van der Waals surface area contributed by atoms with Crippen LogP contribution in [0.25, 0.3) is 5.57 Å². The standard InChI is InChI=1S/C36H42N6O3/c1-5-41(6-2)26-16-18-30-32(21-26)45-33-22-27(42(7-3)8-4)17-19-31(33)35(30)28-14-9-10-15-29(28)36(44)40-39-34(43)24-37-23-25-13-11-12-20-38-25/h9-22,26,37H,5-8,23-24H2,1-4H3,(H,39,43)(H,40,44). The molecule has 5 rings (SSSR count). The fourth-order valence-electron chi connectivity index (χ4n) is 5.83. The van der Waals surface area contributed by atoms with Crippen molar-refractivity contribution in [1.29, 1.82) is 0 Å². The molecule has 0 fully saturated rings. The highest BCUT2D eigenvalue weighted by atomic mass is 16.5. The van der Waals surface area contributed by atoms with Crippen LogP contribution in [0, 0.1) is 0 Å². The van der Waals surface area contributed by atoms with Crippen molar-refractivity contribution < 1.29 is 14.3 Å². The third-order valence-corrected chi connectivity index (χ3v) is 8.21. The lowest BCUT2D eigenvalue weighted by Crippen LogP contribution is -2.45. The molecule has 0 saturated heterocycles. The first-order valence-corrected chi connectivity index (χ1v) is 15.7. The number of hydrogen-bond acceptors (Lipinski definition) is 7. The zero-order valence-corrected chi connectivity index (χ0v) is 26.5. The van der Waals surface area contributed by atoms with Crippen molar-refractivity contribution in [3.63, 3.8) is 0 Å². The summed E-state index contributed by atoms with van der Waals surface area (Å²) in [6.07, 6.45) is 8.16. The second kappa shape index (κ2) is 14.8. The number of ether oxygens (including phenoxy) is 1. The fraction of sp³-hybridized carbons (Fsp3) is 0.306. The van der Waals surface area contributed by atoms with Gasteiger partial charge < -0.3 is 15.0 Å². The molecule has 0 bridgehead atoms. The van der Waals surface area contributed by atoms with Crippen molar-refractivity contribution in [1.82, 2.24) is 26.1 Å². The Hall–Kier alpha value is -4.73. The summed E-state index contributed by atoms with van der Waals surface area (Å²) < 4.78 is 6.62. The first kappa shape index (κ1) is 31.7. The molecule has 1 unspecified atom stereocenters. The monoisotopic (exact) mass is 606 g/mol. The highest BCUT2D eigenvalue weighted by Crippen LogP contribution is 2.45. The van der Waals surface area contributed by atoms with E-state index < -0.39 is 5.91 Å². The number of carbonyl (C=O) groups excluding carboxylic acids is 2. The molecular weight excluding hydrogens is 564 g/mol. The molecular formula is C36H42N6O3. The van der Waals surface area contributed by atoms with Gasteiger partial charge in [-0.25, -0.2) is 0 Å². The van der Waals surface area contributed by atoms with Gasteiger partial charge in [-0.3, -0.25) is 30.3 Å². The van der Waals surface area contributed by atoms with E-state index >= 15 is 0 Å². The number of hydrazine groups is 1. The van der Waals surface area contributed by atoms with Crippen molar-refractivity contribution in [2.24, 2.45) is 0 Å². The van der Waals surface area contributed by atoms with Gasteiger partial charge in [0.2, 0.25) is 0 Å². The number of carbonyl (C=O) groups is 2. The highest BCUT2D eigenvalue weighted by molar-refractivity contribution is 6.04. The number of fused-ring (bicyclic) bond motifs is 2. The molecule has 2 aromatic carbocycles. The molecule has 2 heterocycles. The Bertz CT molecular complexity index is 1610. The van der Waals surface area contributed by atoms with Crippen LogP contribution in [-0.4, -0.2) is 60.5 Å². The molecule has 45 heavy (non-hydrogen) atoms. The van der Waals surface area contributed by atoms with E-state index in [4.69, 9.17) is 4.74 Å². The average Bonchev–Trinajstić information content (AvgIpc) is 3.07. The van der Waals surface area contributed by atoms with Crippen LogP contribution < -0.4 is 25.8 Å². The molecule has 9 nitrogen and oxygen atoms in total. The van der Waals surface area contributed by atoms with Crippen molar-refractivity contribution in [3.05, 3.63) is 119 Å². The summed E-state index contributed by atoms with van der Waals surface area (Å²) >= 11 is 0. The van der Waals surface area contributed by atoms with Crippen LogP contribution >= 0.6 is 0 Å². The minimum absolute atomic E-state index is 0.0278. The van der Waals surface area contributed by atoms with E-state index in [0.29, 0.717) is 12.1 Å². The minimum Gasteiger partial charge on any atom is -0.456 e. The van der Waals surface area contributed by atoms with Gasteiger partial charge in [0, 0.05) is 59.9 Å². The van der Waals surface area contributed by atoms with Crippen molar-refractivity contribution in [3.8, 4) is 5.75 Å². The van der Waals surface area contributed by atoms with Crippen LogP contribution in [-0.2, 0) is 11.3 Å². The zero-order chi connectivity index (χ0) is 31.8. The number of likely N-dealkylation sites (N-methyl/N-ethyl adjacent to an activating group) is 1. The second-order valence-electron chi connectivity index (χ2n) is 10.8. The summed E-state index contributed by atoms with van der Waals surface area (Å²) in [7, 11) is 0. The molecule has 0 radical (unpaired) electrons. The lowest BCUT2D eigenvalue weighted by Gasteiger charge is -2.33. The summed E-state index contributed by atoms with van der Waals surface area (Å²) in [6, 6.07) is 19.5. The number of rotatable bonds is 12. The molecule has 234 valence electrons. The van der Waals surface area contributed by atoms with Crippen LogP contribution in [0.3, 0.4) is 0 Å². The molecule has 1 aliphatic heterocycles. The molecule has 3 aromatic rings. The van der Waals surface area contributed by atoms with Crippen LogP contribution in [0.5, 0.6) is 5.75 Å². The van der Waals surface area contributed by atoms with E-state index in [2.05, 4.69) is 95.1 Å². The minimum atomic E-state index is -0.407. The third kappa shape index (κ3) is 7.16. The van der Waals surface area contributed by atoms with Crippen LogP contribution in [0.4, 0.5) is 5.69 Å². The van der Waals surface area contributed by atoms with E-state index in [9.17, 15) is 9.59 Å². The SMILES string of the molecule is CCN(CC)c1ccc2c(c1)OC1=CC(N(CC)CC)C=CC1=C2c1ccccc1C(=O)NNC(=O)CNCc1ccccn1. The van der Waals surface area contributed by atoms with Gasteiger partial charge in [-0.2, -0.15) is 0 Å². The lowest BCUT2D eigenvalue weighted by molar-refractivity contribution is -0.121. The first-order chi connectivity index (χ1) is 22.0. The number of amides is 2. The maximum Gasteiger partial charge on any atom is 0.270 e. The lowest BCUT2D eigenvalue weighted by atomic mass is 9.84. The Labute approximate surface area is 265 Å².